The summed E-state index contributed by atoms with van der Waals surface area (Å²) in [5.41, 5.74) is 0.941. The zero-order valence-corrected chi connectivity index (χ0v) is 12.9. The fraction of sp³-hybridized carbons (Fsp3) is 0.143. The van der Waals surface area contributed by atoms with E-state index in [0.29, 0.717) is 34.5 Å². The van der Waals surface area contributed by atoms with Crippen molar-refractivity contribution in [3.63, 3.8) is 0 Å². The fourth-order valence-electron chi connectivity index (χ4n) is 1.69. The van der Waals surface area contributed by atoms with Crippen LogP contribution in [0.5, 0.6) is 0 Å². The topological polar surface area (TPSA) is 66.0 Å². The van der Waals surface area contributed by atoms with Gasteiger partial charge in [-0.05, 0) is 18.2 Å². The largest absolute Gasteiger partial charge is 0.381 e. The van der Waals surface area contributed by atoms with Crippen LogP contribution in [-0.4, -0.2) is 24.1 Å². The van der Waals surface area contributed by atoms with Gasteiger partial charge in [0.1, 0.15) is 5.82 Å². The van der Waals surface area contributed by atoms with E-state index in [-0.39, 0.29) is 0 Å². The Morgan fingerprint density at radius 3 is 2.59 bits per heavy atom. The Kier molecular flexibility index (Phi) is 5.80. The summed E-state index contributed by atoms with van der Waals surface area (Å²) in [4.78, 5) is 15.5. The maximum Gasteiger partial charge on any atom is 0.319 e. The van der Waals surface area contributed by atoms with E-state index >= 15 is 0 Å². The summed E-state index contributed by atoms with van der Waals surface area (Å²) in [6.07, 6.45) is 2.94. The van der Waals surface area contributed by atoms with E-state index in [2.05, 4.69) is 20.9 Å². The third-order valence-electron chi connectivity index (χ3n) is 2.65. The van der Waals surface area contributed by atoms with Crippen molar-refractivity contribution >= 4 is 40.6 Å². The number of urea groups is 1. The van der Waals surface area contributed by atoms with Crippen molar-refractivity contribution in [1.29, 1.82) is 0 Å². The lowest BCUT2D eigenvalue weighted by Crippen LogP contribution is -2.32. The van der Waals surface area contributed by atoms with Crippen LogP contribution in [0.25, 0.3) is 0 Å². The standard InChI is InChI=1S/C14H13Cl2FN4O/c15-11-7-18-8-12(16)13(11)19-4-5-20-14(22)21-10-3-1-2-9(17)6-10/h1-3,6-8H,4-5H2,(H,18,19)(H2,20,21,22). The van der Waals surface area contributed by atoms with Gasteiger partial charge in [-0.25, -0.2) is 9.18 Å². The predicted molar refractivity (Wildman–Crippen MR) is 86.2 cm³/mol. The van der Waals surface area contributed by atoms with Crippen molar-refractivity contribution in [1.82, 2.24) is 10.3 Å². The van der Waals surface area contributed by atoms with E-state index in [1.54, 1.807) is 6.07 Å². The Morgan fingerprint density at radius 1 is 1.18 bits per heavy atom. The number of hydrogen-bond donors (Lipinski definition) is 3. The lowest BCUT2D eigenvalue weighted by Gasteiger charge is -2.11. The number of hydrogen-bond acceptors (Lipinski definition) is 3. The number of carbonyl (C=O) groups excluding carboxylic acids is 1. The van der Waals surface area contributed by atoms with E-state index in [1.165, 1.54) is 30.6 Å². The minimum absolute atomic E-state index is 0.329. The van der Waals surface area contributed by atoms with Crippen LogP contribution in [0.15, 0.2) is 36.7 Å². The summed E-state index contributed by atoms with van der Waals surface area (Å²) in [6, 6.07) is 5.21. The highest BCUT2D eigenvalue weighted by Crippen LogP contribution is 2.28. The molecular weight excluding hydrogens is 330 g/mol. The van der Waals surface area contributed by atoms with Crippen molar-refractivity contribution in [2.75, 3.05) is 23.7 Å². The first-order chi connectivity index (χ1) is 10.6. The third-order valence-corrected chi connectivity index (χ3v) is 3.22. The molecule has 0 atom stereocenters. The molecule has 0 spiro atoms. The van der Waals surface area contributed by atoms with Gasteiger partial charge in [-0.3, -0.25) is 4.98 Å². The normalized spacial score (nSPS) is 10.1. The van der Waals surface area contributed by atoms with Crippen molar-refractivity contribution in [3.05, 3.63) is 52.5 Å². The molecule has 0 radical (unpaired) electrons. The van der Waals surface area contributed by atoms with Crippen LogP contribution in [0.2, 0.25) is 10.0 Å². The lowest BCUT2D eigenvalue weighted by molar-refractivity contribution is 0.252. The zero-order chi connectivity index (χ0) is 15.9. The predicted octanol–water partition coefficient (Wildman–Crippen LogP) is 3.76. The Bertz CT molecular complexity index is 649. The molecule has 0 aliphatic carbocycles. The fourth-order valence-corrected chi connectivity index (χ4v) is 2.18. The molecule has 3 N–H and O–H groups in total. The van der Waals surface area contributed by atoms with Gasteiger partial charge in [-0.2, -0.15) is 0 Å². The second-order valence-electron chi connectivity index (χ2n) is 4.30. The van der Waals surface area contributed by atoms with E-state index in [0.717, 1.165) is 0 Å². The average Bonchev–Trinajstić information content (AvgIpc) is 2.46. The van der Waals surface area contributed by atoms with E-state index in [1.807, 2.05) is 0 Å². The number of amides is 2. The minimum atomic E-state index is -0.431. The molecule has 2 amide bonds. The molecule has 1 aromatic carbocycles. The molecule has 1 aromatic heterocycles. The number of nitrogens with zero attached hydrogens (tertiary/aromatic N) is 1. The molecule has 0 unspecified atom stereocenters. The maximum absolute atomic E-state index is 13.0. The molecule has 0 bridgehead atoms. The molecule has 0 fully saturated rings. The number of carbonyl (C=O) groups is 1. The number of anilines is 2. The first kappa shape index (κ1) is 16.3. The molecule has 116 valence electrons. The molecule has 0 saturated heterocycles. The summed E-state index contributed by atoms with van der Waals surface area (Å²) in [6.45, 7) is 0.746. The summed E-state index contributed by atoms with van der Waals surface area (Å²) in [7, 11) is 0. The number of nitrogens with one attached hydrogen (secondary N) is 3. The molecule has 0 saturated carbocycles. The average molecular weight is 343 g/mol. The van der Waals surface area contributed by atoms with Crippen LogP contribution >= 0.6 is 23.2 Å². The van der Waals surface area contributed by atoms with Gasteiger partial charge in [0.15, 0.2) is 0 Å². The van der Waals surface area contributed by atoms with Crippen LogP contribution in [-0.2, 0) is 0 Å². The number of rotatable bonds is 5. The van der Waals surface area contributed by atoms with E-state index < -0.39 is 11.8 Å². The maximum atomic E-state index is 13.0. The van der Waals surface area contributed by atoms with Crippen LogP contribution in [0.3, 0.4) is 0 Å². The van der Waals surface area contributed by atoms with Gasteiger partial charge >= 0.3 is 6.03 Å². The van der Waals surface area contributed by atoms with Crippen LogP contribution in [0.1, 0.15) is 0 Å². The number of halogens is 3. The van der Waals surface area contributed by atoms with Crippen LogP contribution < -0.4 is 16.0 Å². The van der Waals surface area contributed by atoms with Gasteiger partial charge in [0.25, 0.3) is 0 Å². The molecule has 8 heteroatoms. The highest BCUT2D eigenvalue weighted by Gasteiger charge is 2.06. The minimum Gasteiger partial charge on any atom is -0.381 e. The Morgan fingerprint density at radius 2 is 1.91 bits per heavy atom. The van der Waals surface area contributed by atoms with Crippen molar-refractivity contribution in [2.24, 2.45) is 0 Å². The monoisotopic (exact) mass is 342 g/mol. The van der Waals surface area contributed by atoms with E-state index in [9.17, 15) is 9.18 Å². The SMILES string of the molecule is O=C(NCCNc1c(Cl)cncc1Cl)Nc1cccc(F)c1. The van der Waals surface area contributed by atoms with Gasteiger partial charge in [-0.15, -0.1) is 0 Å². The summed E-state index contributed by atoms with van der Waals surface area (Å²) < 4.78 is 13.0. The Balaban J connectivity index is 1.76. The number of pyridine rings is 1. The van der Waals surface area contributed by atoms with Crippen LogP contribution in [0.4, 0.5) is 20.6 Å². The van der Waals surface area contributed by atoms with Gasteiger partial charge < -0.3 is 16.0 Å². The van der Waals surface area contributed by atoms with Gasteiger partial charge in [0.05, 0.1) is 15.7 Å². The zero-order valence-electron chi connectivity index (χ0n) is 11.4. The Hall–Kier alpha value is -2.05. The smallest absolute Gasteiger partial charge is 0.319 e. The second-order valence-corrected chi connectivity index (χ2v) is 5.11. The summed E-state index contributed by atoms with van der Waals surface area (Å²) in [5, 5.41) is 8.95. The van der Waals surface area contributed by atoms with Crippen molar-refractivity contribution in [2.45, 2.75) is 0 Å². The molecular formula is C14H13Cl2FN4O. The molecule has 0 aliphatic rings. The third kappa shape index (κ3) is 4.75. The van der Waals surface area contributed by atoms with E-state index in [4.69, 9.17) is 23.2 Å². The molecule has 22 heavy (non-hydrogen) atoms. The first-order valence-electron chi connectivity index (χ1n) is 6.39. The summed E-state index contributed by atoms with van der Waals surface area (Å²) in [5.74, 6) is -0.415. The number of aromatic nitrogens is 1. The Labute approximate surface area is 136 Å². The molecule has 0 aliphatic heterocycles. The highest BCUT2D eigenvalue weighted by molar-refractivity contribution is 6.38. The van der Waals surface area contributed by atoms with Gasteiger partial charge in [-0.1, -0.05) is 29.3 Å². The van der Waals surface area contributed by atoms with Gasteiger partial charge in [0.2, 0.25) is 0 Å². The number of benzene rings is 1. The highest BCUT2D eigenvalue weighted by atomic mass is 35.5. The quantitative estimate of drug-likeness (QED) is 0.724. The summed E-state index contributed by atoms with van der Waals surface area (Å²) >= 11 is 11.9. The van der Waals surface area contributed by atoms with Crippen LogP contribution in [0, 0.1) is 5.82 Å². The molecule has 2 rings (SSSR count). The van der Waals surface area contributed by atoms with Gasteiger partial charge in [0, 0.05) is 31.2 Å². The van der Waals surface area contributed by atoms with Crippen molar-refractivity contribution in [3.8, 4) is 0 Å². The molecule has 5 nitrogen and oxygen atoms in total. The lowest BCUT2D eigenvalue weighted by atomic mass is 10.3. The molecule has 1 heterocycles. The second kappa shape index (κ2) is 7.82. The first-order valence-corrected chi connectivity index (χ1v) is 7.15. The molecule has 2 aromatic rings. The van der Waals surface area contributed by atoms with Crippen molar-refractivity contribution < 1.29 is 9.18 Å².